The normalized spacial score (nSPS) is 11.5. The summed E-state index contributed by atoms with van der Waals surface area (Å²) in [5, 5.41) is 175. The number of nitrogens with zero attached hydrogens (tertiary/aromatic N) is 6. The van der Waals surface area contributed by atoms with Crippen LogP contribution in [0.3, 0.4) is 0 Å². The van der Waals surface area contributed by atoms with Crippen molar-refractivity contribution in [1.82, 2.24) is 40.0 Å². The molecule has 5 heterocycles. The van der Waals surface area contributed by atoms with E-state index in [9.17, 15) is 78.6 Å². The van der Waals surface area contributed by atoms with E-state index in [1.54, 1.807) is 16.7 Å². The first kappa shape index (κ1) is 108. The van der Waals surface area contributed by atoms with Crippen LogP contribution in [-0.4, -0.2) is 441 Å². The van der Waals surface area contributed by atoms with Crippen LogP contribution < -0.4 is 10.6 Å². The highest BCUT2D eigenvalue weighted by Crippen LogP contribution is 2.18. The van der Waals surface area contributed by atoms with Crippen LogP contribution in [-0.2, 0) is 18.9 Å². The number of rotatable bonds is 50. The summed E-state index contributed by atoms with van der Waals surface area (Å²) in [6, 6.07) is 12.9. The van der Waals surface area contributed by atoms with Gasteiger partial charge in [0.1, 0.15) is 37.0 Å². The van der Waals surface area contributed by atoms with Crippen molar-refractivity contribution in [2.45, 2.75) is 31.5 Å². The zero-order chi connectivity index (χ0) is 88.1. The van der Waals surface area contributed by atoms with Gasteiger partial charge in [-0.2, -0.15) is 0 Å². The molecule has 0 aliphatic heterocycles. The van der Waals surface area contributed by atoms with Gasteiger partial charge in [-0.25, -0.2) is 19.2 Å². The second-order valence-electron chi connectivity index (χ2n) is 24.8. The summed E-state index contributed by atoms with van der Waals surface area (Å²) in [4.78, 5) is 128. The van der Waals surface area contributed by atoms with E-state index in [2.05, 4.69) is 15.4 Å². The Morgan fingerprint density at radius 1 is 0.331 bits per heavy atom. The molecule has 46 nitrogen and oxygen atoms in total. The molecule has 0 aromatic carbocycles. The summed E-state index contributed by atoms with van der Waals surface area (Å²) in [5.74, 6) is -8.49. The highest BCUT2D eigenvalue weighted by Gasteiger charge is 2.35. The first-order valence-electron chi connectivity index (χ1n) is 36.0. The average molecular weight is 1700 g/mol. The molecule has 5 rings (SSSR count). The summed E-state index contributed by atoms with van der Waals surface area (Å²) in [7, 11) is 3.06. The number of amides is 6. The van der Waals surface area contributed by atoms with Crippen molar-refractivity contribution in [3.63, 3.8) is 0 Å². The summed E-state index contributed by atoms with van der Waals surface area (Å²) in [6.07, 6.45) is -1.17. The lowest BCUT2D eigenvalue weighted by molar-refractivity contribution is 0.00675. The van der Waals surface area contributed by atoms with Crippen LogP contribution in [0.1, 0.15) is 120 Å². The highest BCUT2D eigenvalue weighted by atomic mass is 16.6. The Morgan fingerprint density at radius 2 is 0.576 bits per heavy atom. The van der Waals surface area contributed by atoms with E-state index in [4.69, 9.17) is 103 Å². The molecule has 0 bridgehead atoms. The van der Waals surface area contributed by atoms with Gasteiger partial charge in [-0.3, -0.25) is 38.6 Å². The van der Waals surface area contributed by atoms with E-state index in [1.807, 2.05) is 0 Å². The fraction of sp³-hybridized carbons (Fsp3) is 0.583. The predicted molar refractivity (Wildman–Crippen MR) is 403 cm³/mol. The molecule has 5 aromatic rings. The molecule has 0 radical (unpaired) electrons. The fourth-order valence-corrected chi connectivity index (χ4v) is 8.83. The minimum Gasteiger partial charge on any atom is -0.459 e. The predicted octanol–water partition coefficient (Wildman–Crippen LogP) is -7.91. The number of aliphatic hydroxyl groups excluding tert-OH is 19. The Morgan fingerprint density at radius 3 is 0.847 bits per heavy atom. The number of hydrogen-bond donors (Lipinski definition) is 21. The standard InChI is InChI=1S/C18H30N2O9.C14H22N2O9.C14H22N2O7.C13H18O8.C12H18N2O5.CH4/c21-9-3-19(4-10-22)7-13-27-17(25)15-1-2-16(29-15)18(26)28-14-8-20(5-11-23)6-12-24;17-3-13(4-18,5-19)15-11(23)9-1-2-10(25-9)12(24)16-14(6-20,7-21)8-22;17-7-3-15(4-8-18)13(21)11-1-2-12(23-11)14(22)16(5-9-19)6-10-20;1-8(4-14)6-19-12(17)10-2-3-11(21-10)13(18)20-7-9(16)5-15;1-13(5-7-15)11(17)9-3-4-10(19-9)12(18)14(2)6-8-16;/h1-2,21-24H,3-14H2;1-2,17-22H,3-8H2,(H,15,23)(H,16,24);1-2,17-20H,3-10H2;2-3,8-9,14-16H,4-7H2,1H3;3-4,15-16H,5-8H2,1-2H3;1H4. The van der Waals surface area contributed by atoms with Crippen molar-refractivity contribution in [3.8, 4) is 0 Å². The summed E-state index contributed by atoms with van der Waals surface area (Å²) in [5.41, 5.74) is -3.32. The first-order valence-corrected chi connectivity index (χ1v) is 36.0. The van der Waals surface area contributed by atoms with Crippen molar-refractivity contribution in [2.24, 2.45) is 5.92 Å². The lowest BCUT2D eigenvalue weighted by atomic mass is 10.0. The third-order valence-corrected chi connectivity index (χ3v) is 15.7. The van der Waals surface area contributed by atoms with Crippen molar-refractivity contribution < 1.29 is 186 Å². The minimum atomic E-state index is -1.66. The molecule has 670 valence electrons. The van der Waals surface area contributed by atoms with Gasteiger partial charge in [-0.15, -0.1) is 0 Å². The van der Waals surface area contributed by atoms with Crippen LogP contribution in [0.2, 0.25) is 0 Å². The summed E-state index contributed by atoms with van der Waals surface area (Å²) < 4.78 is 45.3. The van der Waals surface area contributed by atoms with Crippen molar-refractivity contribution >= 4 is 59.3 Å². The fourth-order valence-electron chi connectivity index (χ4n) is 8.83. The largest absolute Gasteiger partial charge is 0.459 e. The molecule has 0 aliphatic carbocycles. The van der Waals surface area contributed by atoms with Crippen LogP contribution in [0, 0.1) is 5.92 Å². The molecule has 0 saturated heterocycles. The Labute approximate surface area is 676 Å². The van der Waals surface area contributed by atoms with E-state index in [1.165, 1.54) is 82.2 Å². The van der Waals surface area contributed by atoms with Gasteiger partial charge in [-0.1, -0.05) is 14.4 Å². The number of likely N-dealkylation sites (N-methyl/N-ethyl adjacent to an activating group) is 2. The maximum atomic E-state index is 12.2. The van der Waals surface area contributed by atoms with Crippen molar-refractivity contribution in [2.75, 3.05) is 238 Å². The zero-order valence-electron chi connectivity index (χ0n) is 64.9. The Hall–Kier alpha value is -9.74. The van der Waals surface area contributed by atoms with Crippen LogP contribution in [0.25, 0.3) is 0 Å². The molecule has 0 saturated carbocycles. The number of nitrogens with one attached hydrogen (secondary N) is 2. The highest BCUT2D eigenvalue weighted by molar-refractivity contribution is 5.98. The SMILES string of the molecule is C.CC(CO)COC(=O)c1ccc(C(=O)OCC(O)CO)o1.CN(CCO)C(=O)c1ccc(C(=O)N(C)CCO)o1.O=C(NC(CO)(CO)CO)c1ccc(C(=O)NC(CO)(CO)CO)o1.O=C(OCCN(CCO)CCO)c1ccc(C(=O)OCCN(CCO)CCO)o1.O=C(c1ccc(C(=O)N(CCO)CCO)o1)N(CCO)CCO. The molecular formula is C72H114N8O38. The summed E-state index contributed by atoms with van der Waals surface area (Å²) in [6.45, 7) is -2.70. The number of furan rings is 5. The topological polar surface area (TPSA) is 701 Å². The molecule has 6 amide bonds. The maximum Gasteiger partial charge on any atom is 0.374 e. The van der Waals surface area contributed by atoms with E-state index in [0.29, 0.717) is 39.3 Å². The molecule has 0 aliphatic rings. The third-order valence-electron chi connectivity index (χ3n) is 15.7. The van der Waals surface area contributed by atoms with Crippen LogP contribution >= 0.6 is 0 Å². The van der Waals surface area contributed by atoms with Gasteiger partial charge in [0, 0.05) is 105 Å². The lowest BCUT2D eigenvalue weighted by Gasteiger charge is -2.28. The Kier molecular flexibility index (Phi) is 55.7. The van der Waals surface area contributed by atoms with Gasteiger partial charge in [-0.05, 0) is 60.7 Å². The molecule has 2 unspecified atom stereocenters. The molecule has 46 heteroatoms. The summed E-state index contributed by atoms with van der Waals surface area (Å²) >= 11 is 0. The average Bonchev–Trinajstić information content (AvgIpc) is 1.63. The van der Waals surface area contributed by atoms with Gasteiger partial charge in [0.05, 0.1) is 119 Å². The first-order chi connectivity index (χ1) is 56.0. The number of aliphatic hydroxyl groups is 19. The van der Waals surface area contributed by atoms with E-state index >= 15 is 0 Å². The minimum absolute atomic E-state index is 0. The molecule has 21 N–H and O–H groups in total. The van der Waals surface area contributed by atoms with E-state index < -0.39 is 123 Å². The molecule has 0 fully saturated rings. The Bertz CT molecular complexity index is 3400. The molecule has 2 atom stereocenters. The van der Waals surface area contributed by atoms with E-state index in [-0.39, 0.29) is 209 Å². The number of esters is 4. The van der Waals surface area contributed by atoms with Crippen LogP contribution in [0.15, 0.2) is 82.7 Å². The molecule has 118 heavy (non-hydrogen) atoms. The van der Waals surface area contributed by atoms with Crippen LogP contribution in [0.5, 0.6) is 0 Å². The van der Waals surface area contributed by atoms with Gasteiger partial charge in [0.2, 0.25) is 23.0 Å². The van der Waals surface area contributed by atoms with Crippen molar-refractivity contribution in [3.05, 3.63) is 118 Å². The molecular weight excluding hydrogens is 1580 g/mol. The third kappa shape index (κ3) is 38.3. The van der Waals surface area contributed by atoms with E-state index in [0.717, 1.165) is 12.1 Å². The van der Waals surface area contributed by atoms with Gasteiger partial charge in [0.15, 0.2) is 34.6 Å². The maximum absolute atomic E-state index is 12.2. The molecule has 0 spiro atoms. The van der Waals surface area contributed by atoms with Gasteiger partial charge < -0.3 is 168 Å². The van der Waals surface area contributed by atoms with Gasteiger partial charge >= 0.3 is 23.9 Å². The quantitative estimate of drug-likeness (QED) is 0.0127. The monoisotopic (exact) mass is 1700 g/mol. The molecule has 5 aromatic heterocycles. The Balaban J connectivity index is 0.00000146. The van der Waals surface area contributed by atoms with Gasteiger partial charge in [0.25, 0.3) is 35.4 Å². The second-order valence-corrected chi connectivity index (χ2v) is 24.8. The number of carbonyl (C=O) groups excluding carboxylic acids is 10. The zero-order valence-corrected chi connectivity index (χ0v) is 64.9. The van der Waals surface area contributed by atoms with Crippen molar-refractivity contribution in [1.29, 1.82) is 0 Å². The smallest absolute Gasteiger partial charge is 0.374 e. The van der Waals surface area contributed by atoms with Crippen LogP contribution in [0.4, 0.5) is 0 Å². The number of carbonyl (C=O) groups is 10. The number of ether oxygens (including phenoxy) is 4. The number of hydrogen-bond acceptors (Lipinski definition) is 40. The lowest BCUT2D eigenvalue weighted by Crippen LogP contribution is -2.57. The second kappa shape index (κ2) is 60.7.